The van der Waals surface area contributed by atoms with Gasteiger partial charge in [-0.2, -0.15) is 0 Å². The third-order valence-electron chi connectivity index (χ3n) is 7.75. The minimum absolute atomic E-state index is 0.0333. The first-order chi connectivity index (χ1) is 17.1. The minimum Gasteiger partial charge on any atom is -0.502 e. The van der Waals surface area contributed by atoms with Crippen molar-refractivity contribution in [2.24, 2.45) is 11.8 Å². The van der Waals surface area contributed by atoms with Gasteiger partial charge in [-0.3, -0.25) is 19.3 Å². The summed E-state index contributed by atoms with van der Waals surface area (Å²) in [4.78, 5) is 28.9. The Bertz CT molecular complexity index is 1410. The Labute approximate surface area is 206 Å². The second kappa shape index (κ2) is 7.81. The molecule has 35 heavy (non-hydrogen) atoms. The van der Waals surface area contributed by atoms with E-state index in [4.69, 9.17) is 4.74 Å². The summed E-state index contributed by atoms with van der Waals surface area (Å²) < 4.78 is 8.18. The zero-order valence-electron chi connectivity index (χ0n) is 19.1. The number of rotatable bonds is 0. The number of thioether (sulfide) groups is 1. The number of carbonyl (C=O) groups is 1. The summed E-state index contributed by atoms with van der Waals surface area (Å²) in [7, 11) is 0. The lowest BCUT2D eigenvalue weighted by molar-refractivity contribution is 0.0486. The zero-order valence-corrected chi connectivity index (χ0v) is 19.9. The molecule has 4 bridgehead atoms. The van der Waals surface area contributed by atoms with E-state index >= 15 is 0 Å². The summed E-state index contributed by atoms with van der Waals surface area (Å²) in [6.45, 7) is 1.63. The van der Waals surface area contributed by atoms with Crippen molar-refractivity contribution in [3.05, 3.63) is 87.3 Å². The van der Waals surface area contributed by atoms with Crippen molar-refractivity contribution in [2.75, 3.05) is 24.8 Å². The second-order valence-corrected chi connectivity index (χ2v) is 10.9. The molecule has 1 atom stereocenters. The molecule has 1 amide bonds. The minimum atomic E-state index is -0.544. The van der Waals surface area contributed by atoms with E-state index in [1.807, 2.05) is 18.2 Å². The first-order valence-electron chi connectivity index (χ1n) is 12.1. The molecule has 1 N–H and O–H groups in total. The van der Waals surface area contributed by atoms with Gasteiger partial charge in [0.2, 0.25) is 5.43 Å². The molecule has 1 aliphatic carbocycles. The van der Waals surface area contributed by atoms with E-state index in [1.165, 1.54) is 16.5 Å². The van der Waals surface area contributed by atoms with E-state index in [0.29, 0.717) is 31.7 Å². The Balaban J connectivity index is 1.52. The number of aromatic hydroxyl groups is 1. The summed E-state index contributed by atoms with van der Waals surface area (Å²) in [5.74, 6) is 1.75. The SMILES string of the molecule is O=C1c2c(O)c(=O)ccn2N2CN1C[C@H]1C[C@H](COc3cccc4c3[C@@H]2c2ccccc2SC4)C1. The van der Waals surface area contributed by atoms with Crippen LogP contribution in [0.25, 0.3) is 0 Å². The number of amides is 1. The van der Waals surface area contributed by atoms with Gasteiger partial charge in [-0.15, -0.1) is 11.8 Å². The van der Waals surface area contributed by atoms with Gasteiger partial charge in [0.1, 0.15) is 18.5 Å². The van der Waals surface area contributed by atoms with Crippen molar-refractivity contribution in [3.63, 3.8) is 0 Å². The Morgan fingerprint density at radius 1 is 1.00 bits per heavy atom. The van der Waals surface area contributed by atoms with E-state index in [1.54, 1.807) is 27.5 Å². The van der Waals surface area contributed by atoms with Crippen molar-refractivity contribution in [2.45, 2.75) is 29.5 Å². The van der Waals surface area contributed by atoms with Crippen molar-refractivity contribution < 1.29 is 14.6 Å². The molecule has 0 spiro atoms. The van der Waals surface area contributed by atoms with Crippen molar-refractivity contribution in [1.82, 2.24) is 9.58 Å². The largest absolute Gasteiger partial charge is 0.502 e. The zero-order chi connectivity index (χ0) is 23.7. The lowest BCUT2D eigenvalue weighted by Crippen LogP contribution is -2.57. The average Bonchev–Trinajstić information content (AvgIpc) is 3.00. The van der Waals surface area contributed by atoms with Gasteiger partial charge in [-0.1, -0.05) is 30.3 Å². The van der Waals surface area contributed by atoms with Gasteiger partial charge in [-0.25, -0.2) is 0 Å². The fraction of sp³-hybridized carbons (Fsp3) is 0.333. The van der Waals surface area contributed by atoms with Gasteiger partial charge < -0.3 is 14.7 Å². The molecule has 1 saturated carbocycles. The van der Waals surface area contributed by atoms with E-state index < -0.39 is 11.2 Å². The number of fused-ring (bicyclic) bond motifs is 3. The maximum Gasteiger partial charge on any atom is 0.277 e. The van der Waals surface area contributed by atoms with Crippen LogP contribution in [0.1, 0.15) is 46.1 Å². The highest BCUT2D eigenvalue weighted by Gasteiger charge is 2.42. The summed E-state index contributed by atoms with van der Waals surface area (Å²) in [5.41, 5.74) is 2.88. The number of ether oxygens (including phenoxy) is 1. The quantitative estimate of drug-likeness (QED) is 0.521. The fourth-order valence-electron chi connectivity index (χ4n) is 6.02. The first kappa shape index (κ1) is 20.9. The van der Waals surface area contributed by atoms with Gasteiger partial charge in [0.25, 0.3) is 5.91 Å². The third kappa shape index (κ3) is 3.19. The highest BCUT2D eigenvalue weighted by Crippen LogP contribution is 2.47. The summed E-state index contributed by atoms with van der Waals surface area (Å²) >= 11 is 1.80. The number of pyridine rings is 1. The van der Waals surface area contributed by atoms with Crippen LogP contribution in [0.3, 0.4) is 0 Å². The standard InChI is InChI=1S/C27H25N3O4S/c31-20-8-9-29-25(26(20)32)27(33)28-12-16-10-17(11-16)13-34-21-6-3-4-18-14-35-22-7-2-1-5-19(22)24(23(18)21)30(29)15-28/h1-9,16-17,24,32H,10-15H2/t16-,17-,24-/m0/s1. The van der Waals surface area contributed by atoms with Gasteiger partial charge in [0.05, 0.1) is 6.61 Å². The van der Waals surface area contributed by atoms with Crippen molar-refractivity contribution in [3.8, 4) is 11.5 Å². The van der Waals surface area contributed by atoms with Crippen molar-refractivity contribution >= 4 is 17.7 Å². The molecule has 1 aromatic heterocycles. The summed E-state index contributed by atoms with van der Waals surface area (Å²) in [5, 5.41) is 12.9. The molecule has 8 heteroatoms. The summed E-state index contributed by atoms with van der Waals surface area (Å²) in [6.07, 6.45) is 3.63. The average molecular weight is 488 g/mol. The highest BCUT2D eigenvalue weighted by atomic mass is 32.2. The maximum atomic E-state index is 13.6. The Morgan fingerprint density at radius 3 is 2.74 bits per heavy atom. The molecule has 5 heterocycles. The molecule has 0 radical (unpaired) electrons. The molecule has 7 nitrogen and oxygen atoms in total. The van der Waals surface area contributed by atoms with Crippen LogP contribution in [0.4, 0.5) is 0 Å². The molecule has 0 unspecified atom stereocenters. The molecular weight excluding hydrogens is 462 g/mol. The van der Waals surface area contributed by atoms with Crippen LogP contribution in [-0.4, -0.2) is 40.4 Å². The maximum absolute atomic E-state index is 13.6. The Kier molecular flexibility index (Phi) is 4.67. The van der Waals surface area contributed by atoms with Gasteiger partial charge in [0.15, 0.2) is 11.4 Å². The number of carbonyl (C=O) groups excluding carboxylic acids is 1. The highest BCUT2D eigenvalue weighted by molar-refractivity contribution is 7.98. The van der Waals surface area contributed by atoms with Gasteiger partial charge >= 0.3 is 0 Å². The Morgan fingerprint density at radius 2 is 1.86 bits per heavy atom. The summed E-state index contributed by atoms with van der Waals surface area (Å²) in [6, 6.07) is 15.7. The van der Waals surface area contributed by atoms with Gasteiger partial charge in [0, 0.05) is 35.0 Å². The molecule has 178 valence electrons. The lowest BCUT2D eigenvalue weighted by atomic mass is 9.75. The molecule has 5 aliphatic rings. The molecule has 4 aliphatic heterocycles. The topological polar surface area (TPSA) is 75.0 Å². The number of hydrogen-bond acceptors (Lipinski definition) is 6. The van der Waals surface area contributed by atoms with E-state index in [9.17, 15) is 14.7 Å². The first-order valence-corrected chi connectivity index (χ1v) is 13.0. The fourth-order valence-corrected chi connectivity index (χ4v) is 7.11. The van der Waals surface area contributed by atoms with E-state index in [-0.39, 0.29) is 17.6 Å². The number of hydrogen-bond donors (Lipinski definition) is 1. The normalized spacial score (nSPS) is 24.5. The van der Waals surface area contributed by atoms with E-state index in [0.717, 1.165) is 35.5 Å². The number of nitrogens with zero attached hydrogens (tertiary/aromatic N) is 3. The second-order valence-electron chi connectivity index (χ2n) is 9.90. The molecule has 0 saturated heterocycles. The monoisotopic (exact) mass is 487 g/mol. The molecule has 3 aromatic rings. The third-order valence-corrected chi connectivity index (χ3v) is 8.89. The molecule has 8 rings (SSSR count). The van der Waals surface area contributed by atoms with Crippen LogP contribution in [-0.2, 0) is 5.75 Å². The lowest BCUT2D eigenvalue weighted by Gasteiger charge is -2.47. The van der Waals surface area contributed by atoms with Gasteiger partial charge in [-0.05, 0) is 47.9 Å². The van der Waals surface area contributed by atoms with Crippen LogP contribution in [0, 0.1) is 11.8 Å². The Hall–Kier alpha value is -3.39. The number of aromatic nitrogens is 1. The van der Waals surface area contributed by atoms with Crippen LogP contribution < -0.4 is 15.2 Å². The predicted octanol–water partition coefficient (Wildman–Crippen LogP) is 3.72. The number of benzene rings is 2. The predicted molar refractivity (Wildman–Crippen MR) is 132 cm³/mol. The molecule has 2 aromatic carbocycles. The van der Waals surface area contributed by atoms with Crippen LogP contribution in [0.5, 0.6) is 11.5 Å². The van der Waals surface area contributed by atoms with Crippen molar-refractivity contribution in [1.29, 1.82) is 0 Å². The smallest absolute Gasteiger partial charge is 0.277 e. The van der Waals surface area contributed by atoms with Crippen LogP contribution in [0.15, 0.2) is 64.4 Å². The molecular formula is C27H25N3O4S. The van der Waals surface area contributed by atoms with Crippen LogP contribution in [0.2, 0.25) is 0 Å². The molecule has 1 fully saturated rings. The van der Waals surface area contributed by atoms with E-state index in [2.05, 4.69) is 29.3 Å². The van der Waals surface area contributed by atoms with Crippen LogP contribution >= 0.6 is 11.8 Å².